The first kappa shape index (κ1) is 13.5. The number of amides is 2. The van der Waals surface area contributed by atoms with Crippen LogP contribution in [-0.4, -0.2) is 49.3 Å². The number of methoxy groups -OCH3 is 1. The maximum Gasteiger partial charge on any atom is 0.334 e. The van der Waals surface area contributed by atoms with Gasteiger partial charge in [-0.3, -0.25) is 5.01 Å². The van der Waals surface area contributed by atoms with Crippen molar-refractivity contribution in [3.05, 3.63) is 24.3 Å². The van der Waals surface area contributed by atoms with Gasteiger partial charge in [-0.15, -0.1) is 0 Å². The lowest BCUT2D eigenvalue weighted by atomic mass is 10.3. The summed E-state index contributed by atoms with van der Waals surface area (Å²) in [5.74, 6) is 7.12. The molecule has 19 heavy (non-hydrogen) atoms. The number of carbonyl (C=O) groups excluding carboxylic acids is 1. The van der Waals surface area contributed by atoms with Crippen LogP contribution in [0.3, 0.4) is 0 Å². The van der Waals surface area contributed by atoms with Crippen molar-refractivity contribution in [3.63, 3.8) is 0 Å². The highest BCUT2D eigenvalue weighted by Gasteiger charge is 2.22. The number of urea groups is 1. The number of hydrogen-bond acceptors (Lipinski definition) is 4. The first-order chi connectivity index (χ1) is 9.20. The van der Waals surface area contributed by atoms with Crippen LogP contribution >= 0.6 is 0 Å². The Morgan fingerprint density at radius 3 is 2.58 bits per heavy atom. The molecule has 6 nitrogen and oxygen atoms in total. The summed E-state index contributed by atoms with van der Waals surface area (Å²) in [5, 5.41) is 1.25. The van der Waals surface area contributed by atoms with Gasteiger partial charge in [0.25, 0.3) is 0 Å². The summed E-state index contributed by atoms with van der Waals surface area (Å²) in [7, 11) is 1.62. The summed E-state index contributed by atoms with van der Waals surface area (Å²) in [6.45, 7) is 2.34. The molecule has 0 spiro atoms. The molecule has 0 saturated carbocycles. The molecule has 1 aliphatic rings. The lowest BCUT2D eigenvalue weighted by Crippen LogP contribution is -2.53. The molecular weight excluding hydrogens is 246 g/mol. The van der Waals surface area contributed by atoms with E-state index in [1.54, 1.807) is 12.0 Å². The van der Waals surface area contributed by atoms with E-state index in [1.807, 2.05) is 24.3 Å². The van der Waals surface area contributed by atoms with Crippen molar-refractivity contribution in [1.82, 2.24) is 9.91 Å². The van der Waals surface area contributed by atoms with Crippen LogP contribution in [0.4, 0.5) is 4.79 Å². The van der Waals surface area contributed by atoms with E-state index in [0.717, 1.165) is 24.5 Å². The first-order valence-corrected chi connectivity index (χ1v) is 6.28. The third kappa shape index (κ3) is 3.51. The molecule has 1 aliphatic heterocycles. The molecule has 1 aromatic carbocycles. The topological polar surface area (TPSA) is 68.0 Å². The third-order valence-electron chi connectivity index (χ3n) is 3.03. The Bertz CT molecular complexity index is 422. The molecule has 0 aromatic heterocycles. The fraction of sp³-hybridized carbons (Fsp3) is 0.462. The van der Waals surface area contributed by atoms with Crippen LogP contribution in [-0.2, 0) is 0 Å². The van der Waals surface area contributed by atoms with Crippen LogP contribution in [0.1, 0.15) is 6.42 Å². The number of rotatable bonds is 5. The zero-order chi connectivity index (χ0) is 13.7. The van der Waals surface area contributed by atoms with Gasteiger partial charge in [0.05, 0.1) is 13.7 Å². The van der Waals surface area contributed by atoms with Crippen LogP contribution in [0.2, 0.25) is 0 Å². The second kappa shape index (κ2) is 6.29. The Labute approximate surface area is 112 Å². The molecule has 2 amide bonds. The minimum atomic E-state index is -0.135. The van der Waals surface area contributed by atoms with Gasteiger partial charge in [0.2, 0.25) is 0 Å². The molecule has 0 radical (unpaired) electrons. The number of hydrazine groups is 1. The molecule has 2 rings (SSSR count). The predicted molar refractivity (Wildman–Crippen MR) is 71.0 cm³/mol. The Morgan fingerprint density at radius 1 is 1.21 bits per heavy atom. The first-order valence-electron chi connectivity index (χ1n) is 6.28. The zero-order valence-corrected chi connectivity index (χ0v) is 11.0. The Kier molecular flexibility index (Phi) is 4.46. The quantitative estimate of drug-likeness (QED) is 0.639. The van der Waals surface area contributed by atoms with E-state index in [9.17, 15) is 4.79 Å². The number of hydrogen-bond donors (Lipinski definition) is 1. The lowest BCUT2D eigenvalue weighted by molar-refractivity contribution is 0.121. The molecule has 1 fully saturated rings. The number of nitrogens with zero attached hydrogens (tertiary/aromatic N) is 2. The molecule has 1 heterocycles. The normalized spacial score (nSPS) is 15.6. The molecule has 1 saturated heterocycles. The summed E-state index contributed by atoms with van der Waals surface area (Å²) >= 11 is 0. The highest BCUT2D eigenvalue weighted by Crippen LogP contribution is 2.17. The fourth-order valence-electron chi connectivity index (χ4n) is 1.96. The largest absolute Gasteiger partial charge is 0.497 e. The summed E-state index contributed by atoms with van der Waals surface area (Å²) in [6.07, 6.45) is 0.894. The summed E-state index contributed by atoms with van der Waals surface area (Å²) in [4.78, 5) is 13.4. The molecule has 0 aliphatic carbocycles. The smallest absolute Gasteiger partial charge is 0.334 e. The minimum absolute atomic E-state index is 0.135. The van der Waals surface area contributed by atoms with E-state index in [4.69, 9.17) is 15.3 Å². The van der Waals surface area contributed by atoms with Gasteiger partial charge in [-0.1, -0.05) is 0 Å². The van der Waals surface area contributed by atoms with Crippen molar-refractivity contribution < 1.29 is 14.3 Å². The Morgan fingerprint density at radius 2 is 1.89 bits per heavy atom. The van der Waals surface area contributed by atoms with Gasteiger partial charge in [-0.25, -0.2) is 10.6 Å². The maximum atomic E-state index is 11.7. The Balaban J connectivity index is 1.77. The van der Waals surface area contributed by atoms with Gasteiger partial charge in [0.1, 0.15) is 18.1 Å². The fourth-order valence-corrected chi connectivity index (χ4v) is 1.96. The van der Waals surface area contributed by atoms with Crippen LogP contribution < -0.4 is 15.3 Å². The molecule has 1 aromatic rings. The number of benzene rings is 1. The Hall–Kier alpha value is -1.95. The van der Waals surface area contributed by atoms with Crippen LogP contribution in [0, 0.1) is 0 Å². The maximum absolute atomic E-state index is 11.7. The molecule has 0 atom stereocenters. The van der Waals surface area contributed by atoms with Crippen molar-refractivity contribution >= 4 is 6.03 Å². The molecular formula is C13H19N3O3. The minimum Gasteiger partial charge on any atom is -0.497 e. The third-order valence-corrected chi connectivity index (χ3v) is 3.03. The number of ether oxygens (including phenoxy) is 2. The standard InChI is InChI=1S/C13H19N3O3/c1-18-11-3-5-12(6-4-11)19-10-9-15-7-2-8-16(14)13(15)17/h3-6H,2,7-10,14H2,1H3. The second-order valence-corrected chi connectivity index (χ2v) is 4.34. The van der Waals surface area contributed by atoms with E-state index < -0.39 is 0 Å². The lowest BCUT2D eigenvalue weighted by Gasteiger charge is -2.32. The molecule has 104 valence electrons. The van der Waals surface area contributed by atoms with Crippen molar-refractivity contribution in [2.24, 2.45) is 5.84 Å². The van der Waals surface area contributed by atoms with Crippen molar-refractivity contribution in [2.45, 2.75) is 6.42 Å². The summed E-state index contributed by atoms with van der Waals surface area (Å²) in [5.41, 5.74) is 0. The second-order valence-electron chi connectivity index (χ2n) is 4.34. The zero-order valence-electron chi connectivity index (χ0n) is 11.0. The van der Waals surface area contributed by atoms with E-state index >= 15 is 0 Å². The highest BCUT2D eigenvalue weighted by atomic mass is 16.5. The van der Waals surface area contributed by atoms with E-state index in [2.05, 4.69) is 0 Å². The van der Waals surface area contributed by atoms with Crippen molar-refractivity contribution in [1.29, 1.82) is 0 Å². The highest BCUT2D eigenvalue weighted by molar-refractivity contribution is 5.74. The van der Waals surface area contributed by atoms with Crippen LogP contribution in [0.15, 0.2) is 24.3 Å². The summed E-state index contributed by atoms with van der Waals surface area (Å²) < 4.78 is 10.6. The van der Waals surface area contributed by atoms with Crippen molar-refractivity contribution in [2.75, 3.05) is 33.4 Å². The average molecular weight is 265 g/mol. The van der Waals surface area contributed by atoms with Gasteiger partial charge in [-0.05, 0) is 30.7 Å². The van der Waals surface area contributed by atoms with Crippen LogP contribution in [0.25, 0.3) is 0 Å². The molecule has 6 heteroatoms. The van der Waals surface area contributed by atoms with Gasteiger partial charge >= 0.3 is 6.03 Å². The number of nitrogens with two attached hydrogens (primary N) is 1. The SMILES string of the molecule is COc1ccc(OCCN2CCCN(N)C2=O)cc1. The van der Waals surface area contributed by atoms with E-state index in [0.29, 0.717) is 19.7 Å². The van der Waals surface area contributed by atoms with E-state index in [1.165, 1.54) is 5.01 Å². The van der Waals surface area contributed by atoms with Gasteiger partial charge < -0.3 is 14.4 Å². The number of carbonyl (C=O) groups is 1. The monoisotopic (exact) mass is 265 g/mol. The molecule has 2 N–H and O–H groups in total. The van der Waals surface area contributed by atoms with Crippen molar-refractivity contribution in [3.8, 4) is 11.5 Å². The summed E-state index contributed by atoms with van der Waals surface area (Å²) in [6, 6.07) is 7.22. The van der Waals surface area contributed by atoms with E-state index in [-0.39, 0.29) is 6.03 Å². The van der Waals surface area contributed by atoms with Gasteiger partial charge in [0.15, 0.2) is 0 Å². The molecule has 0 bridgehead atoms. The molecule has 0 unspecified atom stereocenters. The van der Waals surface area contributed by atoms with Gasteiger partial charge in [0, 0.05) is 13.1 Å². The predicted octanol–water partition coefficient (Wildman–Crippen LogP) is 1.08. The average Bonchev–Trinajstić information content (AvgIpc) is 2.44. The van der Waals surface area contributed by atoms with Crippen LogP contribution in [0.5, 0.6) is 11.5 Å². The van der Waals surface area contributed by atoms with Gasteiger partial charge in [-0.2, -0.15) is 0 Å².